The number of Topliss-reactive ketones (excluding diaryl/α,β-unsaturated/α-hetero) is 1. The van der Waals surface area contributed by atoms with Crippen molar-refractivity contribution < 1.29 is 4.79 Å². The lowest BCUT2D eigenvalue weighted by molar-refractivity contribution is 0.0990. The second-order valence-electron chi connectivity index (χ2n) is 4.49. The fourth-order valence-corrected chi connectivity index (χ4v) is 1.86. The zero-order chi connectivity index (χ0) is 12.3. The Morgan fingerprint density at radius 3 is 2.59 bits per heavy atom. The van der Waals surface area contributed by atoms with E-state index in [2.05, 4.69) is 5.32 Å². The van der Waals surface area contributed by atoms with Crippen LogP contribution in [0.25, 0.3) is 10.8 Å². The van der Waals surface area contributed by atoms with Gasteiger partial charge >= 0.3 is 0 Å². The summed E-state index contributed by atoms with van der Waals surface area (Å²) >= 11 is 0. The van der Waals surface area contributed by atoms with Gasteiger partial charge in [0.25, 0.3) is 0 Å². The third-order valence-corrected chi connectivity index (χ3v) is 2.76. The molecule has 0 aromatic heterocycles. The minimum atomic E-state index is 0.149. The van der Waals surface area contributed by atoms with Crippen molar-refractivity contribution in [3.05, 3.63) is 48.0 Å². The van der Waals surface area contributed by atoms with E-state index in [4.69, 9.17) is 0 Å². The summed E-state index contributed by atoms with van der Waals surface area (Å²) in [7, 11) is 0. The summed E-state index contributed by atoms with van der Waals surface area (Å²) in [5.41, 5.74) is 0.802. The van der Waals surface area contributed by atoms with Crippen molar-refractivity contribution in [3.63, 3.8) is 0 Å². The van der Waals surface area contributed by atoms with Gasteiger partial charge < -0.3 is 5.32 Å². The smallest absolute Gasteiger partial charge is 0.177 e. The van der Waals surface area contributed by atoms with Gasteiger partial charge in [-0.3, -0.25) is 4.79 Å². The largest absolute Gasteiger partial charge is 0.307 e. The average molecular weight is 227 g/mol. The van der Waals surface area contributed by atoms with Crippen molar-refractivity contribution in [1.82, 2.24) is 5.32 Å². The van der Waals surface area contributed by atoms with Crippen molar-refractivity contribution in [2.45, 2.75) is 19.9 Å². The predicted molar refractivity (Wildman–Crippen MR) is 71.4 cm³/mol. The van der Waals surface area contributed by atoms with Crippen molar-refractivity contribution in [2.24, 2.45) is 0 Å². The number of carbonyl (C=O) groups excluding carboxylic acids is 1. The van der Waals surface area contributed by atoms with Gasteiger partial charge in [-0.2, -0.15) is 0 Å². The molecule has 0 saturated heterocycles. The molecule has 0 aliphatic carbocycles. The number of carbonyl (C=O) groups is 1. The highest BCUT2D eigenvalue weighted by molar-refractivity contribution is 6.09. The van der Waals surface area contributed by atoms with Crippen LogP contribution in [0.5, 0.6) is 0 Å². The fraction of sp³-hybridized carbons (Fsp3) is 0.267. The third-order valence-electron chi connectivity index (χ3n) is 2.76. The number of nitrogens with one attached hydrogen (secondary N) is 1. The molecular weight excluding hydrogens is 210 g/mol. The molecule has 0 heterocycles. The molecule has 88 valence electrons. The Morgan fingerprint density at radius 1 is 1.12 bits per heavy atom. The van der Waals surface area contributed by atoms with Crippen LogP contribution >= 0.6 is 0 Å². The van der Waals surface area contributed by atoms with Gasteiger partial charge in [0.1, 0.15) is 0 Å². The summed E-state index contributed by atoms with van der Waals surface area (Å²) in [5.74, 6) is 0.149. The van der Waals surface area contributed by atoms with Gasteiger partial charge in [-0.05, 0) is 10.8 Å². The molecule has 0 saturated carbocycles. The Bertz CT molecular complexity index is 526. The van der Waals surface area contributed by atoms with Crippen LogP contribution in [0.15, 0.2) is 42.5 Å². The predicted octanol–water partition coefficient (Wildman–Crippen LogP) is 3.02. The van der Waals surface area contributed by atoms with Crippen LogP contribution in [0.2, 0.25) is 0 Å². The maximum absolute atomic E-state index is 12.1. The minimum absolute atomic E-state index is 0.149. The van der Waals surface area contributed by atoms with Crippen LogP contribution in [-0.2, 0) is 0 Å². The first-order valence-corrected chi connectivity index (χ1v) is 5.93. The molecular formula is C15H17NO. The number of benzene rings is 2. The summed E-state index contributed by atoms with van der Waals surface area (Å²) in [6.07, 6.45) is 0. The zero-order valence-electron chi connectivity index (χ0n) is 10.2. The highest BCUT2D eigenvalue weighted by atomic mass is 16.1. The molecule has 2 aromatic carbocycles. The quantitative estimate of drug-likeness (QED) is 0.813. The van der Waals surface area contributed by atoms with E-state index in [-0.39, 0.29) is 5.78 Å². The summed E-state index contributed by atoms with van der Waals surface area (Å²) < 4.78 is 0. The summed E-state index contributed by atoms with van der Waals surface area (Å²) in [6, 6.07) is 14.2. The number of ketones is 1. The second kappa shape index (κ2) is 5.11. The van der Waals surface area contributed by atoms with Gasteiger partial charge in [-0.25, -0.2) is 0 Å². The first-order valence-electron chi connectivity index (χ1n) is 5.93. The van der Waals surface area contributed by atoms with Gasteiger partial charge in [0.05, 0.1) is 6.54 Å². The van der Waals surface area contributed by atoms with Crippen molar-refractivity contribution in [1.29, 1.82) is 0 Å². The molecule has 1 N–H and O–H groups in total. The van der Waals surface area contributed by atoms with E-state index in [9.17, 15) is 4.79 Å². The molecule has 0 spiro atoms. The molecule has 0 radical (unpaired) electrons. The van der Waals surface area contributed by atoms with Crippen molar-refractivity contribution in [2.75, 3.05) is 6.54 Å². The monoisotopic (exact) mass is 227 g/mol. The summed E-state index contributed by atoms with van der Waals surface area (Å²) in [6.45, 7) is 4.47. The maximum Gasteiger partial charge on any atom is 0.177 e. The van der Waals surface area contributed by atoms with E-state index in [1.165, 1.54) is 0 Å². The molecule has 2 heteroatoms. The molecule has 2 aromatic rings. The molecule has 0 unspecified atom stereocenters. The van der Waals surface area contributed by atoms with E-state index in [1.54, 1.807) is 0 Å². The number of rotatable bonds is 4. The van der Waals surface area contributed by atoms with Crippen LogP contribution < -0.4 is 5.32 Å². The van der Waals surface area contributed by atoms with E-state index < -0.39 is 0 Å². The Balaban J connectivity index is 2.32. The van der Waals surface area contributed by atoms with Gasteiger partial charge in [0, 0.05) is 11.6 Å². The minimum Gasteiger partial charge on any atom is -0.307 e. The lowest BCUT2D eigenvalue weighted by atomic mass is 10.0. The third kappa shape index (κ3) is 2.71. The number of hydrogen-bond donors (Lipinski definition) is 1. The van der Waals surface area contributed by atoms with Gasteiger partial charge in [0.2, 0.25) is 0 Å². The standard InChI is InChI=1S/C15H17NO/c1-11(2)16-10-15(17)14-9-5-7-12-6-3-4-8-13(12)14/h3-9,11,16H,10H2,1-2H3. The van der Waals surface area contributed by atoms with Gasteiger partial charge in [-0.1, -0.05) is 56.3 Å². The zero-order valence-corrected chi connectivity index (χ0v) is 10.2. The fourth-order valence-electron chi connectivity index (χ4n) is 1.86. The van der Waals surface area contributed by atoms with Crippen LogP contribution in [0, 0.1) is 0 Å². The summed E-state index contributed by atoms with van der Waals surface area (Å²) in [4.78, 5) is 12.1. The van der Waals surface area contributed by atoms with E-state index >= 15 is 0 Å². The normalized spacial score (nSPS) is 11.0. The van der Waals surface area contributed by atoms with Crippen molar-refractivity contribution >= 4 is 16.6 Å². The Morgan fingerprint density at radius 2 is 1.82 bits per heavy atom. The lowest BCUT2D eigenvalue weighted by Crippen LogP contribution is -2.29. The van der Waals surface area contributed by atoms with Crippen LogP contribution in [0.1, 0.15) is 24.2 Å². The SMILES string of the molecule is CC(C)NCC(=O)c1cccc2ccccc12. The molecule has 0 bridgehead atoms. The highest BCUT2D eigenvalue weighted by Crippen LogP contribution is 2.18. The molecule has 17 heavy (non-hydrogen) atoms. The van der Waals surface area contributed by atoms with E-state index in [0.717, 1.165) is 16.3 Å². The van der Waals surface area contributed by atoms with E-state index in [0.29, 0.717) is 12.6 Å². The lowest BCUT2D eigenvalue weighted by Gasteiger charge is -2.09. The van der Waals surface area contributed by atoms with Gasteiger partial charge in [-0.15, -0.1) is 0 Å². The molecule has 0 amide bonds. The average Bonchev–Trinajstić information content (AvgIpc) is 2.35. The maximum atomic E-state index is 12.1. The van der Waals surface area contributed by atoms with Crippen LogP contribution in [-0.4, -0.2) is 18.4 Å². The molecule has 2 rings (SSSR count). The van der Waals surface area contributed by atoms with E-state index in [1.807, 2.05) is 56.3 Å². The first kappa shape index (κ1) is 11.8. The topological polar surface area (TPSA) is 29.1 Å². The first-order chi connectivity index (χ1) is 8.18. The molecule has 2 nitrogen and oxygen atoms in total. The van der Waals surface area contributed by atoms with Gasteiger partial charge in [0.15, 0.2) is 5.78 Å². The molecule has 0 aliphatic rings. The highest BCUT2D eigenvalue weighted by Gasteiger charge is 2.09. The Hall–Kier alpha value is -1.67. The van der Waals surface area contributed by atoms with Crippen molar-refractivity contribution in [3.8, 4) is 0 Å². The number of hydrogen-bond acceptors (Lipinski definition) is 2. The second-order valence-corrected chi connectivity index (χ2v) is 4.49. The molecule has 0 fully saturated rings. The molecule has 0 aliphatic heterocycles. The molecule has 0 atom stereocenters. The Kier molecular flexibility index (Phi) is 3.55. The van der Waals surface area contributed by atoms with Crippen LogP contribution in [0.3, 0.4) is 0 Å². The van der Waals surface area contributed by atoms with Crippen LogP contribution in [0.4, 0.5) is 0 Å². The Labute approximate surface area is 102 Å². The number of fused-ring (bicyclic) bond motifs is 1. The summed E-state index contributed by atoms with van der Waals surface area (Å²) in [5, 5.41) is 5.31.